The second-order valence-electron chi connectivity index (χ2n) is 4.49. The Morgan fingerprint density at radius 1 is 0.765 bits per heavy atom. The maximum Gasteiger partial charge on any atom is 0.204 e. The van der Waals surface area contributed by atoms with E-state index in [-0.39, 0.29) is 0 Å². The molecule has 1 nitrogen and oxygen atoms in total. The lowest BCUT2D eigenvalue weighted by Crippen LogP contribution is -2.00. The zero-order valence-corrected chi connectivity index (χ0v) is 10.6. The summed E-state index contributed by atoms with van der Waals surface area (Å²) < 4.78 is 2.14. The van der Waals surface area contributed by atoms with Crippen molar-refractivity contribution in [3.63, 3.8) is 0 Å². The molecule has 0 bridgehead atoms. The van der Waals surface area contributed by atoms with Gasteiger partial charge < -0.3 is 0 Å². The van der Waals surface area contributed by atoms with Crippen LogP contribution in [-0.4, -0.2) is 17.8 Å². The van der Waals surface area contributed by atoms with Gasteiger partial charge in [0.25, 0.3) is 0 Å². The molecule has 0 aliphatic carbocycles. The minimum Gasteiger partial charge on any atom is -0.201 e. The number of aryl methyl sites for hydroxylation is 2. The first-order valence-corrected chi connectivity index (χ1v) is 5.86. The Balaban J connectivity index is 2.27. The van der Waals surface area contributed by atoms with Crippen molar-refractivity contribution in [2.45, 2.75) is 13.8 Å². The summed E-state index contributed by atoms with van der Waals surface area (Å²) in [5.74, 6) is 0. The van der Waals surface area contributed by atoms with Crippen LogP contribution in [0.2, 0.25) is 0 Å². The van der Waals surface area contributed by atoms with Gasteiger partial charge in [-0.2, -0.15) is 0 Å². The smallest absolute Gasteiger partial charge is 0.201 e. The lowest BCUT2D eigenvalue weighted by atomic mass is 10.1. The van der Waals surface area contributed by atoms with Crippen molar-refractivity contribution < 1.29 is 4.58 Å². The van der Waals surface area contributed by atoms with Crippen molar-refractivity contribution in [1.82, 2.24) is 0 Å². The topological polar surface area (TPSA) is 3.01 Å². The SMILES string of the molecule is Cc1ccc(C=[N+](C)c2ccc(C)cc2)cc1. The van der Waals surface area contributed by atoms with Gasteiger partial charge >= 0.3 is 0 Å². The third-order valence-electron chi connectivity index (χ3n) is 2.86. The molecule has 86 valence electrons. The molecular weight excluding hydrogens is 206 g/mol. The van der Waals surface area contributed by atoms with Crippen molar-refractivity contribution in [2.24, 2.45) is 0 Å². The van der Waals surface area contributed by atoms with E-state index < -0.39 is 0 Å². The van der Waals surface area contributed by atoms with Crippen molar-refractivity contribution >= 4 is 11.9 Å². The van der Waals surface area contributed by atoms with Gasteiger partial charge in [0.2, 0.25) is 5.69 Å². The maximum absolute atomic E-state index is 2.14. The number of nitrogens with zero attached hydrogens (tertiary/aromatic N) is 1. The Bertz CT molecular complexity index is 518. The Morgan fingerprint density at radius 2 is 1.24 bits per heavy atom. The highest BCUT2D eigenvalue weighted by molar-refractivity contribution is 5.76. The van der Waals surface area contributed by atoms with Gasteiger partial charge in [-0.3, -0.25) is 0 Å². The normalized spacial score (nSPS) is 11.6. The minimum absolute atomic E-state index is 1.20. The summed E-state index contributed by atoms with van der Waals surface area (Å²) in [5.41, 5.74) is 5.01. The summed E-state index contributed by atoms with van der Waals surface area (Å²) in [7, 11) is 2.07. The first-order valence-electron chi connectivity index (χ1n) is 5.86. The Kier molecular flexibility index (Phi) is 3.38. The molecule has 0 unspecified atom stereocenters. The highest BCUT2D eigenvalue weighted by atomic mass is 15.0. The summed E-state index contributed by atoms with van der Waals surface area (Å²) in [6.45, 7) is 4.21. The second-order valence-corrected chi connectivity index (χ2v) is 4.49. The predicted molar refractivity (Wildman–Crippen MR) is 73.4 cm³/mol. The zero-order valence-electron chi connectivity index (χ0n) is 10.6. The van der Waals surface area contributed by atoms with E-state index in [1.54, 1.807) is 0 Å². The third-order valence-corrected chi connectivity index (χ3v) is 2.86. The molecule has 0 spiro atoms. The van der Waals surface area contributed by atoms with Gasteiger partial charge in [-0.15, -0.1) is 0 Å². The molecule has 0 saturated carbocycles. The fraction of sp³-hybridized carbons (Fsp3) is 0.188. The molecule has 0 radical (unpaired) electrons. The molecule has 0 aliphatic rings. The van der Waals surface area contributed by atoms with Crippen LogP contribution in [0.5, 0.6) is 0 Å². The predicted octanol–water partition coefficient (Wildman–Crippen LogP) is 3.70. The Labute approximate surface area is 103 Å². The van der Waals surface area contributed by atoms with Crippen molar-refractivity contribution in [3.8, 4) is 0 Å². The van der Waals surface area contributed by atoms with Crippen LogP contribution in [-0.2, 0) is 0 Å². The summed E-state index contributed by atoms with van der Waals surface area (Å²) >= 11 is 0. The molecule has 0 atom stereocenters. The number of hydrogen-bond donors (Lipinski definition) is 0. The largest absolute Gasteiger partial charge is 0.204 e. The van der Waals surface area contributed by atoms with E-state index in [2.05, 4.69) is 80.2 Å². The molecule has 17 heavy (non-hydrogen) atoms. The van der Waals surface area contributed by atoms with Gasteiger partial charge in [0, 0.05) is 17.7 Å². The summed E-state index contributed by atoms with van der Waals surface area (Å²) in [6.07, 6.45) is 2.14. The first kappa shape index (κ1) is 11.6. The molecule has 1 heteroatoms. The average molecular weight is 224 g/mol. The Morgan fingerprint density at radius 3 is 1.76 bits per heavy atom. The van der Waals surface area contributed by atoms with Crippen LogP contribution < -0.4 is 0 Å². The van der Waals surface area contributed by atoms with Crippen LogP contribution >= 0.6 is 0 Å². The van der Waals surface area contributed by atoms with Gasteiger partial charge in [-0.05, 0) is 26.0 Å². The van der Waals surface area contributed by atoms with Crippen LogP contribution in [0.4, 0.5) is 5.69 Å². The molecule has 0 saturated heterocycles. The summed E-state index contributed by atoms with van der Waals surface area (Å²) in [5, 5.41) is 0. The molecule has 0 fully saturated rings. The average Bonchev–Trinajstić information content (AvgIpc) is 2.33. The van der Waals surface area contributed by atoms with Crippen LogP contribution in [0, 0.1) is 13.8 Å². The Hall–Kier alpha value is -1.89. The molecule has 0 amide bonds. The second kappa shape index (κ2) is 4.96. The van der Waals surface area contributed by atoms with Gasteiger partial charge in [0.1, 0.15) is 7.05 Å². The maximum atomic E-state index is 2.14. The lowest BCUT2D eigenvalue weighted by molar-refractivity contribution is -0.399. The minimum atomic E-state index is 1.20. The van der Waals surface area contributed by atoms with Gasteiger partial charge in [-0.25, -0.2) is 4.58 Å². The van der Waals surface area contributed by atoms with E-state index >= 15 is 0 Å². The quantitative estimate of drug-likeness (QED) is 0.540. The van der Waals surface area contributed by atoms with Gasteiger partial charge in [0.05, 0.1) is 0 Å². The van der Waals surface area contributed by atoms with Crippen LogP contribution in [0.1, 0.15) is 16.7 Å². The molecule has 2 aromatic carbocycles. The fourth-order valence-electron chi connectivity index (χ4n) is 1.73. The van der Waals surface area contributed by atoms with E-state index in [9.17, 15) is 0 Å². The monoisotopic (exact) mass is 224 g/mol. The highest BCUT2D eigenvalue weighted by Gasteiger charge is 2.02. The number of hydrogen-bond acceptors (Lipinski definition) is 0. The molecule has 0 N–H and O–H groups in total. The molecule has 2 aromatic rings. The molecular formula is C16H18N+. The van der Waals surface area contributed by atoms with Crippen molar-refractivity contribution in [2.75, 3.05) is 7.05 Å². The summed E-state index contributed by atoms with van der Waals surface area (Å²) in [4.78, 5) is 0. The fourth-order valence-corrected chi connectivity index (χ4v) is 1.73. The third kappa shape index (κ3) is 3.04. The van der Waals surface area contributed by atoms with E-state index in [1.165, 1.54) is 22.4 Å². The molecule has 0 aliphatic heterocycles. The lowest BCUT2D eigenvalue weighted by Gasteiger charge is -1.98. The number of rotatable bonds is 2. The zero-order chi connectivity index (χ0) is 12.3. The van der Waals surface area contributed by atoms with E-state index in [0.717, 1.165) is 0 Å². The van der Waals surface area contributed by atoms with Crippen molar-refractivity contribution in [1.29, 1.82) is 0 Å². The van der Waals surface area contributed by atoms with Crippen molar-refractivity contribution in [3.05, 3.63) is 65.2 Å². The van der Waals surface area contributed by atoms with E-state index in [4.69, 9.17) is 0 Å². The standard InChI is InChI=1S/C16H18N/c1-13-4-8-15(9-5-13)12-17(3)16-10-6-14(2)7-11-16/h4-12H,1-3H3/q+1. The van der Waals surface area contributed by atoms with E-state index in [0.29, 0.717) is 0 Å². The molecule has 2 rings (SSSR count). The van der Waals surface area contributed by atoms with Crippen LogP contribution in [0.25, 0.3) is 0 Å². The van der Waals surface area contributed by atoms with E-state index in [1.807, 2.05) is 0 Å². The molecule has 0 heterocycles. The van der Waals surface area contributed by atoms with Gasteiger partial charge in [0.15, 0.2) is 6.21 Å². The van der Waals surface area contributed by atoms with Crippen LogP contribution in [0.15, 0.2) is 48.5 Å². The molecule has 0 aromatic heterocycles. The van der Waals surface area contributed by atoms with Crippen LogP contribution in [0.3, 0.4) is 0 Å². The number of benzene rings is 2. The summed E-state index contributed by atoms with van der Waals surface area (Å²) in [6, 6.07) is 17.1. The highest BCUT2D eigenvalue weighted by Crippen LogP contribution is 2.11. The van der Waals surface area contributed by atoms with Gasteiger partial charge in [-0.1, -0.05) is 35.4 Å². The first-order chi connectivity index (χ1) is 8.15.